The molecule has 1 saturated heterocycles. The van der Waals surface area contributed by atoms with Crippen molar-refractivity contribution in [1.29, 1.82) is 0 Å². The Morgan fingerprint density at radius 2 is 1.76 bits per heavy atom. The maximum Gasteiger partial charge on any atom is 0.289 e. The van der Waals surface area contributed by atoms with Gasteiger partial charge in [-0.05, 0) is 33.6 Å². The summed E-state index contributed by atoms with van der Waals surface area (Å²) >= 11 is 3.23. The molecule has 3 rings (SSSR count). The average Bonchev–Trinajstić information content (AvgIpc) is 2.95. The molecule has 1 aromatic heterocycles. The Bertz CT molecular complexity index is 604. The summed E-state index contributed by atoms with van der Waals surface area (Å²) in [5, 5.41) is 0. The number of nitrogens with zero attached hydrogens (tertiary/aromatic N) is 2. The molecule has 0 aliphatic carbocycles. The van der Waals surface area contributed by atoms with Gasteiger partial charge in [0.25, 0.3) is 5.91 Å². The maximum atomic E-state index is 12.3. The topological polar surface area (TPSA) is 36.7 Å². The first-order valence-electron chi connectivity index (χ1n) is 7.03. The fourth-order valence-electron chi connectivity index (χ4n) is 2.54. The highest BCUT2D eigenvalue weighted by atomic mass is 79.9. The van der Waals surface area contributed by atoms with Crippen molar-refractivity contribution < 1.29 is 9.21 Å². The smallest absolute Gasteiger partial charge is 0.289 e. The van der Waals surface area contributed by atoms with Gasteiger partial charge < -0.3 is 9.32 Å². The van der Waals surface area contributed by atoms with Crippen LogP contribution in [0, 0.1) is 0 Å². The molecule has 0 spiro atoms. The number of carbonyl (C=O) groups excluding carboxylic acids is 1. The highest BCUT2D eigenvalue weighted by Gasteiger charge is 2.24. The van der Waals surface area contributed by atoms with Crippen molar-refractivity contribution in [2.24, 2.45) is 0 Å². The van der Waals surface area contributed by atoms with Crippen LogP contribution >= 0.6 is 15.9 Å². The van der Waals surface area contributed by atoms with Crippen LogP contribution in [-0.2, 0) is 6.54 Å². The normalized spacial score (nSPS) is 16.1. The fourth-order valence-corrected chi connectivity index (χ4v) is 2.84. The van der Waals surface area contributed by atoms with E-state index in [9.17, 15) is 4.79 Å². The molecule has 0 atom stereocenters. The second kappa shape index (κ2) is 6.45. The van der Waals surface area contributed by atoms with Gasteiger partial charge in [-0.25, -0.2) is 0 Å². The molecule has 1 fully saturated rings. The van der Waals surface area contributed by atoms with E-state index in [2.05, 4.69) is 45.1 Å². The monoisotopic (exact) mass is 348 g/mol. The summed E-state index contributed by atoms with van der Waals surface area (Å²) < 4.78 is 5.92. The number of rotatable bonds is 3. The minimum Gasteiger partial charge on any atom is -0.444 e. The number of piperazine rings is 1. The van der Waals surface area contributed by atoms with Crippen LogP contribution in [0.5, 0.6) is 0 Å². The molecule has 2 heterocycles. The van der Waals surface area contributed by atoms with E-state index in [-0.39, 0.29) is 5.91 Å². The van der Waals surface area contributed by atoms with Crippen molar-refractivity contribution in [3.8, 4) is 0 Å². The van der Waals surface area contributed by atoms with Gasteiger partial charge in [-0.1, -0.05) is 30.3 Å². The number of carbonyl (C=O) groups is 1. The average molecular weight is 349 g/mol. The molecular formula is C16H17BrN2O2. The summed E-state index contributed by atoms with van der Waals surface area (Å²) in [6.45, 7) is 4.20. The Morgan fingerprint density at radius 1 is 1.05 bits per heavy atom. The third-order valence-electron chi connectivity index (χ3n) is 3.69. The molecule has 1 amide bonds. The van der Waals surface area contributed by atoms with Gasteiger partial charge >= 0.3 is 0 Å². The Kier molecular flexibility index (Phi) is 4.41. The quantitative estimate of drug-likeness (QED) is 0.855. The van der Waals surface area contributed by atoms with Crippen molar-refractivity contribution >= 4 is 21.8 Å². The summed E-state index contributed by atoms with van der Waals surface area (Å²) in [5.41, 5.74) is 1.31. The molecule has 2 aromatic rings. The zero-order valence-corrected chi connectivity index (χ0v) is 13.3. The van der Waals surface area contributed by atoms with Crippen LogP contribution in [0.2, 0.25) is 0 Å². The molecule has 0 N–H and O–H groups in total. The number of benzene rings is 1. The SMILES string of the molecule is O=C(c1ccc(Br)o1)N1CCN(Cc2ccccc2)CC1. The van der Waals surface area contributed by atoms with Crippen LogP contribution in [0.4, 0.5) is 0 Å². The molecule has 0 bridgehead atoms. The predicted octanol–water partition coefficient (Wildman–Crippen LogP) is 3.00. The molecule has 1 aliphatic heterocycles. The molecule has 0 unspecified atom stereocenters. The van der Waals surface area contributed by atoms with E-state index >= 15 is 0 Å². The summed E-state index contributed by atoms with van der Waals surface area (Å²) in [4.78, 5) is 16.5. The molecule has 4 nitrogen and oxygen atoms in total. The van der Waals surface area contributed by atoms with Gasteiger partial charge in [0.1, 0.15) is 0 Å². The summed E-state index contributed by atoms with van der Waals surface area (Å²) in [7, 11) is 0. The summed E-state index contributed by atoms with van der Waals surface area (Å²) in [6, 6.07) is 13.9. The van der Waals surface area contributed by atoms with Gasteiger partial charge in [0.15, 0.2) is 10.4 Å². The molecule has 21 heavy (non-hydrogen) atoms. The minimum absolute atomic E-state index is 0.0277. The van der Waals surface area contributed by atoms with E-state index in [1.165, 1.54) is 5.56 Å². The Balaban J connectivity index is 1.54. The molecule has 5 heteroatoms. The molecule has 110 valence electrons. The van der Waals surface area contributed by atoms with Crippen LogP contribution in [0.1, 0.15) is 16.1 Å². The summed E-state index contributed by atoms with van der Waals surface area (Å²) in [6.07, 6.45) is 0. The largest absolute Gasteiger partial charge is 0.444 e. The number of halogens is 1. The van der Waals surface area contributed by atoms with E-state index in [1.807, 2.05) is 11.0 Å². The van der Waals surface area contributed by atoms with E-state index in [1.54, 1.807) is 12.1 Å². The molecule has 1 aliphatic rings. The van der Waals surface area contributed by atoms with Gasteiger partial charge in [-0.15, -0.1) is 0 Å². The lowest BCUT2D eigenvalue weighted by molar-refractivity contribution is 0.0596. The number of hydrogen-bond donors (Lipinski definition) is 0. The van der Waals surface area contributed by atoms with Gasteiger partial charge in [0, 0.05) is 32.7 Å². The van der Waals surface area contributed by atoms with Crippen LogP contribution < -0.4 is 0 Å². The predicted molar refractivity (Wildman–Crippen MR) is 84.0 cm³/mol. The van der Waals surface area contributed by atoms with E-state index in [0.29, 0.717) is 10.4 Å². The van der Waals surface area contributed by atoms with Crippen molar-refractivity contribution in [3.05, 3.63) is 58.5 Å². The van der Waals surface area contributed by atoms with Crippen molar-refractivity contribution in [1.82, 2.24) is 9.80 Å². The Labute approximate surface area is 132 Å². The lowest BCUT2D eigenvalue weighted by atomic mass is 10.2. The zero-order chi connectivity index (χ0) is 14.7. The Hall–Kier alpha value is -1.59. The van der Waals surface area contributed by atoms with Gasteiger partial charge in [-0.2, -0.15) is 0 Å². The molecule has 1 aromatic carbocycles. The van der Waals surface area contributed by atoms with Crippen LogP contribution in [0.25, 0.3) is 0 Å². The highest BCUT2D eigenvalue weighted by Crippen LogP contribution is 2.17. The molecule has 0 saturated carbocycles. The third-order valence-corrected chi connectivity index (χ3v) is 4.12. The first kappa shape index (κ1) is 14.4. The maximum absolute atomic E-state index is 12.3. The molecular weight excluding hydrogens is 332 g/mol. The second-order valence-corrected chi connectivity index (χ2v) is 5.94. The standard InChI is InChI=1S/C16H17BrN2O2/c17-15-7-6-14(21-15)16(20)19-10-8-18(9-11-19)12-13-4-2-1-3-5-13/h1-7H,8-12H2. The van der Waals surface area contributed by atoms with E-state index < -0.39 is 0 Å². The first-order chi connectivity index (χ1) is 10.2. The highest BCUT2D eigenvalue weighted by molar-refractivity contribution is 9.10. The fraction of sp³-hybridized carbons (Fsp3) is 0.312. The lowest BCUT2D eigenvalue weighted by Crippen LogP contribution is -2.48. The van der Waals surface area contributed by atoms with Crippen LogP contribution in [0.15, 0.2) is 51.6 Å². The third kappa shape index (κ3) is 3.54. The van der Waals surface area contributed by atoms with Crippen molar-refractivity contribution in [3.63, 3.8) is 0 Å². The number of furan rings is 1. The Morgan fingerprint density at radius 3 is 2.38 bits per heavy atom. The second-order valence-electron chi connectivity index (χ2n) is 5.16. The van der Waals surface area contributed by atoms with Crippen molar-refractivity contribution in [2.75, 3.05) is 26.2 Å². The minimum atomic E-state index is -0.0277. The van der Waals surface area contributed by atoms with Crippen LogP contribution in [-0.4, -0.2) is 41.9 Å². The van der Waals surface area contributed by atoms with Crippen LogP contribution in [0.3, 0.4) is 0 Å². The number of amides is 1. The molecule has 0 radical (unpaired) electrons. The zero-order valence-electron chi connectivity index (χ0n) is 11.7. The van der Waals surface area contributed by atoms with E-state index in [4.69, 9.17) is 4.42 Å². The lowest BCUT2D eigenvalue weighted by Gasteiger charge is -2.34. The van der Waals surface area contributed by atoms with Gasteiger partial charge in [-0.3, -0.25) is 9.69 Å². The van der Waals surface area contributed by atoms with Crippen molar-refractivity contribution in [2.45, 2.75) is 6.54 Å². The summed E-state index contributed by atoms with van der Waals surface area (Å²) in [5.74, 6) is 0.374. The number of hydrogen-bond acceptors (Lipinski definition) is 3. The van der Waals surface area contributed by atoms with Gasteiger partial charge in [0.05, 0.1) is 0 Å². The van der Waals surface area contributed by atoms with E-state index in [0.717, 1.165) is 32.7 Å². The van der Waals surface area contributed by atoms with Gasteiger partial charge in [0.2, 0.25) is 0 Å². The first-order valence-corrected chi connectivity index (χ1v) is 7.82.